The van der Waals surface area contributed by atoms with Crippen LogP contribution in [0.5, 0.6) is 0 Å². The van der Waals surface area contributed by atoms with Crippen LogP contribution in [0.15, 0.2) is 6.07 Å². The lowest BCUT2D eigenvalue weighted by Crippen LogP contribution is -2.36. The van der Waals surface area contributed by atoms with Gasteiger partial charge in [0.2, 0.25) is 0 Å². The number of hydrogen-bond donors (Lipinski definition) is 1. The first-order valence-electron chi connectivity index (χ1n) is 6.66. The Morgan fingerprint density at radius 2 is 2.11 bits per heavy atom. The maximum atomic E-state index is 6.03. The van der Waals surface area contributed by atoms with E-state index in [9.17, 15) is 0 Å². The van der Waals surface area contributed by atoms with Crippen LogP contribution >= 0.6 is 11.6 Å². The van der Waals surface area contributed by atoms with Crippen LogP contribution in [0.4, 0.5) is 5.82 Å². The molecule has 1 aromatic rings. The molecule has 0 spiro atoms. The molecule has 1 aromatic heterocycles. The van der Waals surface area contributed by atoms with Gasteiger partial charge >= 0.3 is 0 Å². The SMILES string of the molecule is CCCc1nc(Cl)cc(NC2CCN(C)CC2)n1. The topological polar surface area (TPSA) is 41.1 Å². The Hall–Kier alpha value is -0.870. The van der Waals surface area contributed by atoms with Crippen molar-refractivity contribution in [2.24, 2.45) is 0 Å². The number of aromatic nitrogens is 2. The van der Waals surface area contributed by atoms with Crippen molar-refractivity contribution >= 4 is 17.4 Å². The molecule has 2 heterocycles. The first kappa shape index (κ1) is 13.6. The number of anilines is 1. The molecule has 2 rings (SSSR count). The van der Waals surface area contributed by atoms with E-state index in [2.05, 4.69) is 34.2 Å². The normalized spacial score (nSPS) is 17.9. The average molecular weight is 269 g/mol. The van der Waals surface area contributed by atoms with Crippen LogP contribution in [0.1, 0.15) is 32.0 Å². The van der Waals surface area contributed by atoms with E-state index < -0.39 is 0 Å². The summed E-state index contributed by atoms with van der Waals surface area (Å²) in [7, 11) is 2.16. The van der Waals surface area contributed by atoms with Crippen molar-refractivity contribution < 1.29 is 0 Å². The second-order valence-electron chi connectivity index (χ2n) is 4.96. The Balaban J connectivity index is 2.00. The number of halogens is 1. The largest absolute Gasteiger partial charge is 0.367 e. The lowest BCUT2D eigenvalue weighted by atomic mass is 10.1. The Kier molecular flexibility index (Phi) is 4.78. The number of aryl methyl sites for hydroxylation is 1. The third kappa shape index (κ3) is 3.82. The third-order valence-corrected chi connectivity index (χ3v) is 3.48. The van der Waals surface area contributed by atoms with E-state index in [1.165, 1.54) is 0 Å². The van der Waals surface area contributed by atoms with Gasteiger partial charge in [-0.1, -0.05) is 18.5 Å². The number of likely N-dealkylation sites (tertiary alicyclic amines) is 1. The Morgan fingerprint density at radius 3 is 2.78 bits per heavy atom. The van der Waals surface area contributed by atoms with Gasteiger partial charge in [0.05, 0.1) is 0 Å². The highest BCUT2D eigenvalue weighted by atomic mass is 35.5. The molecular formula is C13H21ClN4. The van der Waals surface area contributed by atoms with E-state index >= 15 is 0 Å². The van der Waals surface area contributed by atoms with Crippen molar-refractivity contribution in [2.75, 3.05) is 25.5 Å². The number of hydrogen-bond acceptors (Lipinski definition) is 4. The molecule has 0 amide bonds. The van der Waals surface area contributed by atoms with Gasteiger partial charge in [-0.25, -0.2) is 9.97 Å². The number of nitrogens with zero attached hydrogens (tertiary/aromatic N) is 3. The molecule has 1 aliphatic heterocycles. The van der Waals surface area contributed by atoms with Crippen LogP contribution in [-0.2, 0) is 6.42 Å². The molecule has 0 aliphatic carbocycles. The molecule has 100 valence electrons. The van der Waals surface area contributed by atoms with E-state index in [0.717, 1.165) is 50.4 Å². The Morgan fingerprint density at radius 1 is 1.39 bits per heavy atom. The van der Waals surface area contributed by atoms with Crippen LogP contribution < -0.4 is 5.32 Å². The minimum Gasteiger partial charge on any atom is -0.367 e. The van der Waals surface area contributed by atoms with Gasteiger partial charge in [-0.05, 0) is 39.4 Å². The number of nitrogens with one attached hydrogen (secondary N) is 1. The zero-order chi connectivity index (χ0) is 13.0. The summed E-state index contributed by atoms with van der Waals surface area (Å²) in [6.07, 6.45) is 4.22. The minimum absolute atomic E-state index is 0.502. The molecule has 1 fully saturated rings. The zero-order valence-corrected chi connectivity index (χ0v) is 11.9. The summed E-state index contributed by atoms with van der Waals surface area (Å²) < 4.78 is 0. The molecule has 0 atom stereocenters. The van der Waals surface area contributed by atoms with Crippen LogP contribution in [0, 0.1) is 0 Å². The van der Waals surface area contributed by atoms with Crippen LogP contribution in [0.25, 0.3) is 0 Å². The van der Waals surface area contributed by atoms with Crippen molar-refractivity contribution in [2.45, 2.75) is 38.6 Å². The van der Waals surface area contributed by atoms with Crippen LogP contribution in [0.3, 0.4) is 0 Å². The molecule has 0 saturated carbocycles. The quantitative estimate of drug-likeness (QED) is 0.853. The monoisotopic (exact) mass is 268 g/mol. The first-order valence-corrected chi connectivity index (χ1v) is 7.03. The Bertz CT molecular complexity index is 389. The maximum absolute atomic E-state index is 6.03. The number of rotatable bonds is 4. The molecule has 1 aliphatic rings. The summed E-state index contributed by atoms with van der Waals surface area (Å²) in [5.41, 5.74) is 0. The smallest absolute Gasteiger partial charge is 0.134 e. The maximum Gasteiger partial charge on any atom is 0.134 e. The molecule has 5 heteroatoms. The van der Waals surface area contributed by atoms with Gasteiger partial charge in [0.25, 0.3) is 0 Å². The highest BCUT2D eigenvalue weighted by Gasteiger charge is 2.17. The summed E-state index contributed by atoms with van der Waals surface area (Å²) in [6.45, 7) is 4.39. The summed E-state index contributed by atoms with van der Waals surface area (Å²) >= 11 is 6.03. The lowest BCUT2D eigenvalue weighted by Gasteiger charge is -2.29. The molecule has 0 unspecified atom stereocenters. The van der Waals surface area contributed by atoms with E-state index in [1.54, 1.807) is 0 Å². The predicted octanol–water partition coefficient (Wildman–Crippen LogP) is 2.59. The second kappa shape index (κ2) is 6.34. The molecular weight excluding hydrogens is 248 g/mol. The van der Waals surface area contributed by atoms with Crippen molar-refractivity contribution in [3.63, 3.8) is 0 Å². The predicted molar refractivity (Wildman–Crippen MR) is 75.2 cm³/mol. The fourth-order valence-corrected chi connectivity index (χ4v) is 2.44. The minimum atomic E-state index is 0.502. The highest BCUT2D eigenvalue weighted by molar-refractivity contribution is 6.29. The van der Waals surface area contributed by atoms with E-state index in [1.807, 2.05) is 6.07 Å². The second-order valence-corrected chi connectivity index (χ2v) is 5.35. The van der Waals surface area contributed by atoms with E-state index in [4.69, 9.17) is 11.6 Å². The molecule has 18 heavy (non-hydrogen) atoms. The summed E-state index contributed by atoms with van der Waals surface area (Å²) in [5, 5.41) is 4.01. The van der Waals surface area contributed by atoms with Gasteiger partial charge in [-0.15, -0.1) is 0 Å². The van der Waals surface area contributed by atoms with Gasteiger partial charge in [-0.3, -0.25) is 0 Å². The first-order chi connectivity index (χ1) is 8.67. The van der Waals surface area contributed by atoms with E-state index in [0.29, 0.717) is 11.2 Å². The van der Waals surface area contributed by atoms with Crippen molar-refractivity contribution in [1.82, 2.24) is 14.9 Å². The van der Waals surface area contributed by atoms with E-state index in [-0.39, 0.29) is 0 Å². The van der Waals surface area contributed by atoms with Gasteiger partial charge in [0.15, 0.2) is 0 Å². The fraction of sp³-hybridized carbons (Fsp3) is 0.692. The summed E-state index contributed by atoms with van der Waals surface area (Å²) in [4.78, 5) is 11.1. The zero-order valence-electron chi connectivity index (χ0n) is 11.1. The highest BCUT2D eigenvalue weighted by Crippen LogP contribution is 2.17. The van der Waals surface area contributed by atoms with Crippen LogP contribution in [0.2, 0.25) is 5.15 Å². The van der Waals surface area contributed by atoms with Gasteiger partial charge < -0.3 is 10.2 Å². The standard InChI is InChI=1S/C13H21ClN4/c1-3-4-12-16-11(14)9-13(17-12)15-10-5-7-18(2)8-6-10/h9-10H,3-8H2,1-2H3,(H,15,16,17). The molecule has 0 bridgehead atoms. The number of piperidine rings is 1. The lowest BCUT2D eigenvalue weighted by molar-refractivity contribution is 0.263. The molecule has 4 nitrogen and oxygen atoms in total. The van der Waals surface area contributed by atoms with Gasteiger partial charge in [0, 0.05) is 18.5 Å². The fourth-order valence-electron chi connectivity index (χ4n) is 2.24. The Labute approximate surface area is 114 Å². The van der Waals surface area contributed by atoms with Crippen molar-refractivity contribution in [3.05, 3.63) is 17.0 Å². The van der Waals surface area contributed by atoms with Crippen LogP contribution in [-0.4, -0.2) is 41.0 Å². The molecule has 1 N–H and O–H groups in total. The summed E-state index contributed by atoms with van der Waals surface area (Å²) in [5.74, 6) is 1.70. The molecule has 0 aromatic carbocycles. The van der Waals surface area contributed by atoms with Crippen molar-refractivity contribution in [1.29, 1.82) is 0 Å². The molecule has 0 radical (unpaired) electrons. The average Bonchev–Trinajstić information content (AvgIpc) is 2.32. The molecule has 1 saturated heterocycles. The van der Waals surface area contributed by atoms with Crippen molar-refractivity contribution in [3.8, 4) is 0 Å². The summed E-state index contributed by atoms with van der Waals surface area (Å²) in [6, 6.07) is 2.32. The third-order valence-electron chi connectivity index (χ3n) is 3.29. The van der Waals surface area contributed by atoms with Gasteiger partial charge in [0.1, 0.15) is 16.8 Å². The van der Waals surface area contributed by atoms with Gasteiger partial charge in [-0.2, -0.15) is 0 Å².